The number of rotatable bonds is 5. The van der Waals surface area contributed by atoms with Crippen molar-refractivity contribution in [3.63, 3.8) is 0 Å². The molecule has 0 amide bonds. The maximum atomic E-state index is 11.2. The third-order valence-electron chi connectivity index (χ3n) is 3.96. The number of β-amino-alcohol motifs (C(OH)–C–C–N with tert-alkyl or cyclic N) is 1. The predicted molar refractivity (Wildman–Crippen MR) is 72.7 cm³/mol. The molecule has 1 saturated heterocycles. The molecule has 2 rings (SSSR count). The lowest BCUT2D eigenvalue weighted by Crippen LogP contribution is -2.44. The van der Waals surface area contributed by atoms with E-state index < -0.39 is 17.5 Å². The zero-order chi connectivity index (χ0) is 13.9. The molecule has 0 radical (unpaired) electrons. The fourth-order valence-electron chi connectivity index (χ4n) is 2.94. The SMILES string of the molecule is CCC(C(=O)O)C1(O)CCN(Cc2ccccc2)C1. The van der Waals surface area contributed by atoms with E-state index >= 15 is 0 Å². The van der Waals surface area contributed by atoms with Crippen LogP contribution in [0.5, 0.6) is 0 Å². The first-order chi connectivity index (χ1) is 9.05. The lowest BCUT2D eigenvalue weighted by molar-refractivity contribution is -0.151. The van der Waals surface area contributed by atoms with Gasteiger partial charge in [-0.15, -0.1) is 0 Å². The van der Waals surface area contributed by atoms with Crippen molar-refractivity contribution in [1.82, 2.24) is 4.90 Å². The molecule has 1 fully saturated rings. The fourth-order valence-corrected chi connectivity index (χ4v) is 2.94. The molecule has 0 aliphatic carbocycles. The van der Waals surface area contributed by atoms with Crippen molar-refractivity contribution < 1.29 is 15.0 Å². The van der Waals surface area contributed by atoms with Crippen molar-refractivity contribution >= 4 is 5.97 Å². The summed E-state index contributed by atoms with van der Waals surface area (Å²) in [6, 6.07) is 10.0. The number of carboxylic acids is 1. The van der Waals surface area contributed by atoms with Gasteiger partial charge in [-0.25, -0.2) is 0 Å². The van der Waals surface area contributed by atoms with Gasteiger partial charge in [0.2, 0.25) is 0 Å². The summed E-state index contributed by atoms with van der Waals surface area (Å²) < 4.78 is 0. The second-order valence-corrected chi connectivity index (χ2v) is 5.35. The molecule has 2 N–H and O–H groups in total. The highest BCUT2D eigenvalue weighted by Crippen LogP contribution is 2.32. The minimum absolute atomic E-state index is 0.437. The lowest BCUT2D eigenvalue weighted by atomic mass is 9.84. The quantitative estimate of drug-likeness (QED) is 0.849. The van der Waals surface area contributed by atoms with E-state index in [1.165, 1.54) is 5.56 Å². The van der Waals surface area contributed by atoms with Crippen molar-refractivity contribution in [3.05, 3.63) is 35.9 Å². The molecular formula is C15H21NO3. The molecule has 4 nitrogen and oxygen atoms in total. The second kappa shape index (κ2) is 5.72. The van der Waals surface area contributed by atoms with Crippen molar-refractivity contribution in [3.8, 4) is 0 Å². The number of aliphatic hydroxyl groups is 1. The van der Waals surface area contributed by atoms with Gasteiger partial charge in [-0.05, 0) is 18.4 Å². The number of carboxylic acid groups (broad SMARTS) is 1. The van der Waals surface area contributed by atoms with Crippen LogP contribution >= 0.6 is 0 Å². The number of likely N-dealkylation sites (tertiary alicyclic amines) is 1. The average Bonchev–Trinajstić information content (AvgIpc) is 2.73. The molecule has 1 heterocycles. The number of hydrogen-bond donors (Lipinski definition) is 2. The summed E-state index contributed by atoms with van der Waals surface area (Å²) in [5.41, 5.74) is 0.102. The van der Waals surface area contributed by atoms with Gasteiger partial charge in [0.05, 0.1) is 11.5 Å². The van der Waals surface area contributed by atoms with Crippen LogP contribution in [0.1, 0.15) is 25.3 Å². The molecule has 2 unspecified atom stereocenters. The minimum Gasteiger partial charge on any atom is -0.481 e. The molecule has 1 aromatic carbocycles. The number of aliphatic carboxylic acids is 1. The van der Waals surface area contributed by atoms with E-state index in [1.807, 2.05) is 37.3 Å². The summed E-state index contributed by atoms with van der Waals surface area (Å²) in [7, 11) is 0. The van der Waals surface area contributed by atoms with Crippen LogP contribution in [0.4, 0.5) is 0 Å². The van der Waals surface area contributed by atoms with E-state index in [4.69, 9.17) is 0 Å². The van der Waals surface area contributed by atoms with Crippen molar-refractivity contribution in [2.24, 2.45) is 5.92 Å². The number of nitrogens with zero attached hydrogens (tertiary/aromatic N) is 1. The van der Waals surface area contributed by atoms with Crippen molar-refractivity contribution in [2.45, 2.75) is 31.9 Å². The molecule has 19 heavy (non-hydrogen) atoms. The van der Waals surface area contributed by atoms with Crippen LogP contribution in [0.2, 0.25) is 0 Å². The zero-order valence-corrected chi connectivity index (χ0v) is 11.2. The van der Waals surface area contributed by atoms with Gasteiger partial charge in [0.1, 0.15) is 0 Å². The smallest absolute Gasteiger partial charge is 0.309 e. The monoisotopic (exact) mass is 263 g/mol. The molecule has 0 aromatic heterocycles. The van der Waals surface area contributed by atoms with Crippen molar-refractivity contribution in [1.29, 1.82) is 0 Å². The first kappa shape index (κ1) is 14.0. The topological polar surface area (TPSA) is 60.8 Å². The van der Waals surface area contributed by atoms with Gasteiger partial charge in [0, 0.05) is 19.6 Å². The Balaban J connectivity index is 2.01. The summed E-state index contributed by atoms with van der Waals surface area (Å²) in [6.07, 6.45) is 0.996. The minimum atomic E-state index is -1.09. The van der Waals surface area contributed by atoms with Gasteiger partial charge >= 0.3 is 5.97 Å². The predicted octanol–water partition coefficient (Wildman–Crippen LogP) is 1.73. The number of carbonyl (C=O) groups is 1. The van der Waals surface area contributed by atoms with E-state index in [0.717, 1.165) is 13.1 Å². The average molecular weight is 263 g/mol. The Morgan fingerprint density at radius 3 is 2.68 bits per heavy atom. The van der Waals surface area contributed by atoms with Gasteiger partial charge < -0.3 is 10.2 Å². The number of benzene rings is 1. The summed E-state index contributed by atoms with van der Waals surface area (Å²) >= 11 is 0. The molecule has 1 aliphatic heterocycles. The van der Waals surface area contributed by atoms with Gasteiger partial charge in [-0.2, -0.15) is 0 Å². The molecule has 2 atom stereocenters. The van der Waals surface area contributed by atoms with E-state index in [0.29, 0.717) is 19.4 Å². The maximum absolute atomic E-state index is 11.2. The molecule has 104 valence electrons. The molecule has 0 saturated carbocycles. The molecular weight excluding hydrogens is 242 g/mol. The first-order valence-corrected chi connectivity index (χ1v) is 6.76. The highest BCUT2D eigenvalue weighted by molar-refractivity contribution is 5.71. The van der Waals surface area contributed by atoms with Crippen LogP contribution in [-0.4, -0.2) is 39.8 Å². The zero-order valence-electron chi connectivity index (χ0n) is 11.2. The summed E-state index contributed by atoms with van der Waals surface area (Å²) in [5, 5.41) is 19.7. The lowest BCUT2D eigenvalue weighted by Gasteiger charge is -2.29. The Morgan fingerprint density at radius 2 is 2.11 bits per heavy atom. The summed E-state index contributed by atoms with van der Waals surface area (Å²) in [4.78, 5) is 13.3. The molecule has 1 aromatic rings. The Morgan fingerprint density at radius 1 is 1.42 bits per heavy atom. The van der Waals surface area contributed by atoms with Crippen LogP contribution in [0.3, 0.4) is 0 Å². The number of hydrogen-bond acceptors (Lipinski definition) is 3. The third kappa shape index (κ3) is 3.14. The van der Waals surface area contributed by atoms with Gasteiger partial charge in [0.15, 0.2) is 0 Å². The van der Waals surface area contributed by atoms with Crippen LogP contribution < -0.4 is 0 Å². The molecule has 0 bridgehead atoms. The Labute approximate surface area is 113 Å². The highest BCUT2D eigenvalue weighted by atomic mass is 16.4. The van der Waals surface area contributed by atoms with Crippen LogP contribution in [-0.2, 0) is 11.3 Å². The standard InChI is InChI=1S/C15H21NO3/c1-2-13(14(17)18)15(19)8-9-16(11-15)10-12-6-4-3-5-7-12/h3-7,13,19H,2,8-11H2,1H3,(H,17,18). The molecule has 1 aliphatic rings. The Hall–Kier alpha value is -1.39. The van der Waals surface area contributed by atoms with Crippen LogP contribution in [0, 0.1) is 5.92 Å². The van der Waals surface area contributed by atoms with Crippen LogP contribution in [0.15, 0.2) is 30.3 Å². The van der Waals surface area contributed by atoms with E-state index in [2.05, 4.69) is 4.90 Å². The summed E-state index contributed by atoms with van der Waals surface area (Å²) in [6.45, 7) is 3.76. The highest BCUT2D eigenvalue weighted by Gasteiger charge is 2.45. The Bertz CT molecular complexity index is 434. The largest absolute Gasteiger partial charge is 0.481 e. The van der Waals surface area contributed by atoms with E-state index in [9.17, 15) is 15.0 Å². The van der Waals surface area contributed by atoms with E-state index in [1.54, 1.807) is 0 Å². The van der Waals surface area contributed by atoms with Gasteiger partial charge in [-0.1, -0.05) is 37.3 Å². The molecule has 4 heteroatoms. The third-order valence-corrected chi connectivity index (χ3v) is 3.96. The van der Waals surface area contributed by atoms with Gasteiger partial charge in [0.25, 0.3) is 0 Å². The van der Waals surface area contributed by atoms with Crippen molar-refractivity contribution in [2.75, 3.05) is 13.1 Å². The Kier molecular flexibility index (Phi) is 4.22. The summed E-state index contributed by atoms with van der Waals surface area (Å²) in [5.74, 6) is -1.57. The fraction of sp³-hybridized carbons (Fsp3) is 0.533. The second-order valence-electron chi connectivity index (χ2n) is 5.35. The van der Waals surface area contributed by atoms with Crippen LogP contribution in [0.25, 0.3) is 0 Å². The maximum Gasteiger partial charge on any atom is 0.309 e. The van der Waals surface area contributed by atoms with E-state index in [-0.39, 0.29) is 0 Å². The first-order valence-electron chi connectivity index (χ1n) is 6.76. The molecule has 0 spiro atoms. The van der Waals surface area contributed by atoms with Gasteiger partial charge in [-0.3, -0.25) is 9.69 Å². The normalized spacial score (nSPS) is 25.4.